The van der Waals surface area contributed by atoms with E-state index in [4.69, 9.17) is 23.2 Å². The fourth-order valence-corrected chi connectivity index (χ4v) is 1.22. The number of alkyl halides is 6. The highest BCUT2D eigenvalue weighted by atomic mass is 35.5. The minimum atomic E-state index is -5.08. The number of aliphatic imine (C=N–C) groups is 1. The molecule has 0 aliphatic rings. The van der Waals surface area contributed by atoms with Crippen molar-refractivity contribution in [1.29, 1.82) is 0 Å². The molecule has 1 rings (SSSR count). The summed E-state index contributed by atoms with van der Waals surface area (Å²) in [5, 5.41) is -1.97. The van der Waals surface area contributed by atoms with Gasteiger partial charge in [0.1, 0.15) is 5.69 Å². The van der Waals surface area contributed by atoms with Crippen LogP contribution >= 0.6 is 23.2 Å². The van der Waals surface area contributed by atoms with E-state index in [0.29, 0.717) is 0 Å². The Bertz CT molecular complexity index is 496. The minimum absolute atomic E-state index is 0.125. The first-order chi connectivity index (χ1) is 8.49. The molecule has 0 saturated heterocycles. The molecule has 1 aromatic rings. The van der Waals surface area contributed by atoms with E-state index in [1.165, 1.54) is 0 Å². The summed E-state index contributed by atoms with van der Waals surface area (Å²) in [5.74, 6) is -0.945. The van der Waals surface area contributed by atoms with Crippen LogP contribution in [-0.4, -0.2) is 17.7 Å². The van der Waals surface area contributed by atoms with Crippen molar-refractivity contribution >= 4 is 34.1 Å². The molecule has 0 spiro atoms. The number of nitrogens with zero attached hydrogens (tertiary/aromatic N) is 1. The van der Waals surface area contributed by atoms with Crippen LogP contribution in [0.25, 0.3) is 0 Å². The third-order valence-corrected chi connectivity index (χ3v) is 2.13. The quantitative estimate of drug-likeness (QED) is 0.549. The summed E-state index contributed by atoms with van der Waals surface area (Å²) in [6.45, 7) is 0. The largest absolute Gasteiger partial charge is 0.573 e. The number of ether oxygens (including phenoxy) is 1. The molecule has 0 amide bonds. The Balaban J connectivity index is 3.22. The van der Waals surface area contributed by atoms with E-state index in [1.807, 2.05) is 0 Å². The standard InChI is InChI=1S/C9H3Cl2F6NO/c10-4-1-2-6(19-9(15,16)17)5(3-4)18-7(11)8(12,13)14/h1-3H. The maximum Gasteiger partial charge on any atom is 0.573 e. The third-order valence-electron chi connectivity index (χ3n) is 1.60. The summed E-state index contributed by atoms with van der Waals surface area (Å²) >= 11 is 10.3. The first-order valence-electron chi connectivity index (χ1n) is 4.36. The second kappa shape index (κ2) is 5.46. The van der Waals surface area contributed by atoms with Crippen molar-refractivity contribution in [2.45, 2.75) is 12.5 Å². The van der Waals surface area contributed by atoms with Crippen molar-refractivity contribution in [2.75, 3.05) is 0 Å². The number of hydrogen-bond donors (Lipinski definition) is 0. The van der Waals surface area contributed by atoms with Crippen molar-refractivity contribution in [1.82, 2.24) is 0 Å². The lowest BCUT2D eigenvalue weighted by molar-refractivity contribution is -0.274. The molecule has 0 N–H and O–H groups in total. The Morgan fingerprint density at radius 1 is 1.11 bits per heavy atom. The first-order valence-corrected chi connectivity index (χ1v) is 5.11. The summed E-state index contributed by atoms with van der Waals surface area (Å²) in [6.07, 6.45) is -10.1. The molecule has 0 saturated carbocycles. The van der Waals surface area contributed by atoms with E-state index < -0.39 is 29.1 Å². The van der Waals surface area contributed by atoms with Crippen LogP contribution in [0.2, 0.25) is 5.02 Å². The Kier molecular flexibility index (Phi) is 4.57. The summed E-state index contributed by atoms with van der Waals surface area (Å²) in [6, 6.07) is 2.50. The lowest BCUT2D eigenvalue weighted by Crippen LogP contribution is -2.18. The molecule has 0 aliphatic heterocycles. The summed E-state index contributed by atoms with van der Waals surface area (Å²) in [5.41, 5.74) is -0.785. The summed E-state index contributed by atoms with van der Waals surface area (Å²) in [4.78, 5) is 2.82. The number of benzene rings is 1. The van der Waals surface area contributed by atoms with Crippen LogP contribution in [0.4, 0.5) is 32.0 Å². The zero-order valence-electron chi connectivity index (χ0n) is 8.61. The van der Waals surface area contributed by atoms with Gasteiger partial charge in [-0.1, -0.05) is 23.2 Å². The molecule has 1 aromatic carbocycles. The molecular weight excluding hydrogens is 323 g/mol. The molecule has 0 fully saturated rings. The number of rotatable bonds is 2. The van der Waals surface area contributed by atoms with Crippen LogP contribution < -0.4 is 4.74 Å². The Labute approximate surface area is 112 Å². The van der Waals surface area contributed by atoms with Crippen molar-refractivity contribution in [3.63, 3.8) is 0 Å². The topological polar surface area (TPSA) is 21.6 Å². The highest BCUT2D eigenvalue weighted by Crippen LogP contribution is 2.36. The zero-order valence-corrected chi connectivity index (χ0v) is 10.1. The fourth-order valence-electron chi connectivity index (χ4n) is 0.958. The zero-order chi connectivity index (χ0) is 14.8. The maximum absolute atomic E-state index is 12.1. The average molecular weight is 326 g/mol. The first kappa shape index (κ1) is 15.9. The number of halogens is 8. The van der Waals surface area contributed by atoms with Crippen LogP contribution in [0.5, 0.6) is 5.75 Å². The molecule has 0 unspecified atom stereocenters. The van der Waals surface area contributed by atoms with Crippen molar-refractivity contribution in [2.24, 2.45) is 4.99 Å². The molecule has 0 bridgehead atoms. The van der Waals surface area contributed by atoms with Crippen molar-refractivity contribution < 1.29 is 31.1 Å². The molecule has 106 valence electrons. The highest BCUT2D eigenvalue weighted by Gasteiger charge is 2.36. The molecule has 0 heterocycles. The van der Waals surface area contributed by atoms with Crippen LogP contribution in [0.15, 0.2) is 23.2 Å². The lowest BCUT2D eigenvalue weighted by Gasteiger charge is -2.12. The monoisotopic (exact) mass is 325 g/mol. The molecule has 0 radical (unpaired) electrons. The van der Waals surface area contributed by atoms with Gasteiger partial charge in [0.05, 0.1) is 0 Å². The molecule has 0 aliphatic carbocycles. The Hall–Kier alpha value is -1.15. The van der Waals surface area contributed by atoms with E-state index in [0.717, 1.165) is 18.2 Å². The maximum atomic E-state index is 12.1. The van der Waals surface area contributed by atoms with E-state index >= 15 is 0 Å². The van der Waals surface area contributed by atoms with Gasteiger partial charge in [0, 0.05) is 5.02 Å². The van der Waals surface area contributed by atoms with Gasteiger partial charge in [-0.25, -0.2) is 4.99 Å². The molecule has 2 nitrogen and oxygen atoms in total. The lowest BCUT2D eigenvalue weighted by atomic mass is 10.3. The molecule has 0 aromatic heterocycles. The van der Waals surface area contributed by atoms with Crippen LogP contribution in [0, 0.1) is 0 Å². The minimum Gasteiger partial charge on any atom is -0.403 e. The van der Waals surface area contributed by atoms with E-state index in [2.05, 4.69) is 9.73 Å². The van der Waals surface area contributed by atoms with Crippen LogP contribution in [0.3, 0.4) is 0 Å². The van der Waals surface area contributed by atoms with E-state index in [1.54, 1.807) is 0 Å². The van der Waals surface area contributed by atoms with E-state index in [-0.39, 0.29) is 5.02 Å². The van der Waals surface area contributed by atoms with Gasteiger partial charge < -0.3 is 4.74 Å². The summed E-state index contributed by atoms with van der Waals surface area (Å²) in [7, 11) is 0. The van der Waals surface area contributed by atoms with Gasteiger partial charge in [-0.2, -0.15) is 13.2 Å². The van der Waals surface area contributed by atoms with Gasteiger partial charge in [0.15, 0.2) is 5.75 Å². The molecule has 0 atom stereocenters. The smallest absolute Gasteiger partial charge is 0.403 e. The van der Waals surface area contributed by atoms with Gasteiger partial charge in [-0.05, 0) is 18.2 Å². The van der Waals surface area contributed by atoms with Gasteiger partial charge in [-0.3, -0.25) is 0 Å². The second-order valence-corrected chi connectivity index (χ2v) is 3.85. The summed E-state index contributed by atoms with van der Waals surface area (Å²) < 4.78 is 76.1. The Morgan fingerprint density at radius 3 is 2.16 bits per heavy atom. The van der Waals surface area contributed by atoms with Gasteiger partial charge in [0.25, 0.3) is 0 Å². The second-order valence-electron chi connectivity index (χ2n) is 3.06. The molecular formula is C9H3Cl2F6NO. The van der Waals surface area contributed by atoms with Crippen molar-refractivity contribution in [3.8, 4) is 5.75 Å². The van der Waals surface area contributed by atoms with Crippen LogP contribution in [0.1, 0.15) is 0 Å². The fraction of sp³-hybridized carbons (Fsp3) is 0.222. The van der Waals surface area contributed by atoms with E-state index in [9.17, 15) is 26.3 Å². The Morgan fingerprint density at radius 2 is 1.68 bits per heavy atom. The van der Waals surface area contributed by atoms with Crippen molar-refractivity contribution in [3.05, 3.63) is 23.2 Å². The highest BCUT2D eigenvalue weighted by molar-refractivity contribution is 6.67. The number of hydrogen-bond acceptors (Lipinski definition) is 2. The van der Waals surface area contributed by atoms with Crippen LogP contribution in [-0.2, 0) is 0 Å². The predicted molar refractivity (Wildman–Crippen MR) is 57.1 cm³/mol. The van der Waals surface area contributed by atoms with Gasteiger partial charge in [0.2, 0.25) is 5.17 Å². The van der Waals surface area contributed by atoms with Gasteiger partial charge in [-0.15, -0.1) is 13.2 Å². The normalized spacial score (nSPS) is 13.6. The van der Waals surface area contributed by atoms with Gasteiger partial charge >= 0.3 is 12.5 Å². The third kappa shape index (κ3) is 5.15. The molecule has 19 heavy (non-hydrogen) atoms. The SMILES string of the molecule is FC(F)(F)Oc1ccc(Cl)cc1N=C(Cl)C(F)(F)F. The predicted octanol–water partition coefficient (Wildman–Crippen LogP) is 5.07. The average Bonchev–Trinajstić information content (AvgIpc) is 2.19. The molecule has 10 heteroatoms.